The van der Waals surface area contributed by atoms with Crippen molar-refractivity contribution in [1.29, 1.82) is 0 Å². The minimum atomic E-state index is -0.281. The lowest BCUT2D eigenvalue weighted by molar-refractivity contribution is 0.426. The molecule has 0 fully saturated rings. The summed E-state index contributed by atoms with van der Waals surface area (Å²) in [6.07, 6.45) is 1.74. The molecule has 0 aliphatic heterocycles. The van der Waals surface area contributed by atoms with Crippen LogP contribution < -0.4 is 0 Å². The molecule has 0 amide bonds. The molecule has 1 unspecified atom stereocenters. The Labute approximate surface area is 132 Å². The normalized spacial score (nSPS) is 13.3. The van der Waals surface area contributed by atoms with Crippen molar-refractivity contribution >= 4 is 38.6 Å². The number of aromatic nitrogens is 2. The summed E-state index contributed by atoms with van der Waals surface area (Å²) in [6.45, 7) is 6.58. The van der Waals surface area contributed by atoms with E-state index < -0.39 is 0 Å². The Morgan fingerprint density at radius 2 is 2.05 bits per heavy atom. The van der Waals surface area contributed by atoms with Crippen LogP contribution in [-0.2, 0) is 6.42 Å². The first-order valence-corrected chi connectivity index (χ1v) is 8.18. The molecular weight excluding hydrogens is 343 g/mol. The highest BCUT2D eigenvalue weighted by Crippen LogP contribution is 2.29. The predicted molar refractivity (Wildman–Crippen MR) is 86.0 cm³/mol. The number of rotatable bonds is 5. The Morgan fingerprint density at radius 3 is 2.65 bits per heavy atom. The van der Waals surface area contributed by atoms with Gasteiger partial charge in [0, 0.05) is 24.4 Å². The van der Waals surface area contributed by atoms with Crippen molar-refractivity contribution in [3.8, 4) is 0 Å². The monoisotopic (exact) mass is 360 g/mol. The third kappa shape index (κ3) is 3.17. The number of alkyl halides is 1. The van der Waals surface area contributed by atoms with Gasteiger partial charge in [-0.05, 0) is 41.3 Å². The minimum Gasteiger partial charge on any atom is -0.325 e. The molecule has 0 spiro atoms. The van der Waals surface area contributed by atoms with Gasteiger partial charge in [-0.3, -0.25) is 0 Å². The molecule has 0 aliphatic rings. The maximum atomic E-state index is 13.7. The van der Waals surface area contributed by atoms with Crippen molar-refractivity contribution in [2.24, 2.45) is 5.92 Å². The van der Waals surface area contributed by atoms with Crippen LogP contribution in [0.5, 0.6) is 0 Å². The number of halogens is 3. The number of imidazole rings is 1. The summed E-state index contributed by atoms with van der Waals surface area (Å²) in [5, 5.41) is 0. The number of hydrogen-bond donors (Lipinski definition) is 0. The average molecular weight is 362 g/mol. The second-order valence-corrected chi connectivity index (χ2v) is 6.80. The van der Waals surface area contributed by atoms with Crippen molar-refractivity contribution in [2.45, 2.75) is 39.7 Å². The van der Waals surface area contributed by atoms with E-state index in [2.05, 4.69) is 46.3 Å². The van der Waals surface area contributed by atoms with Gasteiger partial charge in [-0.25, -0.2) is 9.37 Å². The van der Waals surface area contributed by atoms with Gasteiger partial charge in [0.05, 0.1) is 15.5 Å². The molecule has 1 aromatic carbocycles. The Balaban J connectivity index is 2.58. The standard InChI is InChI=1S/C15H19BrClFN2/c1-9(2)6-10(3)20-14-7-11(16)12(18)8-13(14)19-15(20)4-5-17/h7-10H,4-6H2,1-3H3. The summed E-state index contributed by atoms with van der Waals surface area (Å²) in [6, 6.07) is 3.61. The van der Waals surface area contributed by atoms with Crippen LogP contribution in [0.2, 0.25) is 0 Å². The third-order valence-electron chi connectivity index (χ3n) is 3.38. The Kier molecular flexibility index (Phi) is 5.08. The lowest BCUT2D eigenvalue weighted by atomic mass is 10.0. The maximum Gasteiger partial charge on any atom is 0.139 e. The van der Waals surface area contributed by atoms with E-state index in [4.69, 9.17) is 11.6 Å². The maximum absolute atomic E-state index is 13.7. The van der Waals surface area contributed by atoms with Gasteiger partial charge >= 0.3 is 0 Å². The first-order valence-electron chi connectivity index (χ1n) is 6.85. The summed E-state index contributed by atoms with van der Waals surface area (Å²) in [4.78, 5) is 4.55. The van der Waals surface area contributed by atoms with Gasteiger partial charge in [0.2, 0.25) is 0 Å². The molecule has 0 saturated heterocycles. The van der Waals surface area contributed by atoms with Gasteiger partial charge in [0.15, 0.2) is 0 Å². The molecule has 0 saturated carbocycles. The molecule has 0 aliphatic carbocycles. The molecule has 0 N–H and O–H groups in total. The van der Waals surface area contributed by atoms with Crippen LogP contribution in [0.1, 0.15) is 39.1 Å². The van der Waals surface area contributed by atoms with Gasteiger partial charge in [-0.2, -0.15) is 0 Å². The first kappa shape index (κ1) is 15.8. The zero-order valence-electron chi connectivity index (χ0n) is 12.0. The van der Waals surface area contributed by atoms with Gasteiger partial charge in [-0.1, -0.05) is 13.8 Å². The van der Waals surface area contributed by atoms with E-state index >= 15 is 0 Å². The molecule has 1 atom stereocenters. The average Bonchev–Trinajstić information content (AvgIpc) is 2.67. The fourth-order valence-electron chi connectivity index (χ4n) is 2.68. The lowest BCUT2D eigenvalue weighted by Crippen LogP contribution is -2.12. The largest absolute Gasteiger partial charge is 0.325 e. The summed E-state index contributed by atoms with van der Waals surface area (Å²) in [5.74, 6) is 1.76. The highest BCUT2D eigenvalue weighted by Gasteiger charge is 2.18. The van der Waals surface area contributed by atoms with Crippen molar-refractivity contribution in [2.75, 3.05) is 5.88 Å². The Morgan fingerprint density at radius 1 is 1.35 bits per heavy atom. The molecule has 110 valence electrons. The zero-order chi connectivity index (χ0) is 14.9. The van der Waals surface area contributed by atoms with Crippen LogP contribution in [-0.4, -0.2) is 15.4 Å². The van der Waals surface area contributed by atoms with Gasteiger partial charge < -0.3 is 4.57 Å². The van der Waals surface area contributed by atoms with E-state index in [1.807, 2.05) is 6.07 Å². The molecule has 20 heavy (non-hydrogen) atoms. The molecule has 2 rings (SSSR count). The van der Waals surface area contributed by atoms with Crippen LogP contribution >= 0.6 is 27.5 Å². The highest BCUT2D eigenvalue weighted by molar-refractivity contribution is 9.10. The molecular formula is C15H19BrClFN2. The molecule has 2 aromatic rings. The number of hydrogen-bond acceptors (Lipinski definition) is 1. The van der Waals surface area contributed by atoms with E-state index in [0.29, 0.717) is 34.2 Å². The van der Waals surface area contributed by atoms with Crippen molar-refractivity contribution < 1.29 is 4.39 Å². The van der Waals surface area contributed by atoms with E-state index in [1.165, 1.54) is 6.07 Å². The van der Waals surface area contributed by atoms with Crippen LogP contribution in [0.3, 0.4) is 0 Å². The quantitative estimate of drug-likeness (QED) is 0.658. The summed E-state index contributed by atoms with van der Waals surface area (Å²) >= 11 is 9.13. The smallest absolute Gasteiger partial charge is 0.139 e. The highest BCUT2D eigenvalue weighted by atomic mass is 79.9. The zero-order valence-corrected chi connectivity index (χ0v) is 14.3. The van der Waals surface area contributed by atoms with Gasteiger partial charge in [0.1, 0.15) is 11.6 Å². The molecule has 1 aromatic heterocycles. The van der Waals surface area contributed by atoms with Crippen LogP contribution in [0.4, 0.5) is 4.39 Å². The van der Waals surface area contributed by atoms with Crippen molar-refractivity contribution in [3.63, 3.8) is 0 Å². The first-order chi connectivity index (χ1) is 9.43. The Hall–Kier alpha value is -0.610. The van der Waals surface area contributed by atoms with Gasteiger partial charge in [-0.15, -0.1) is 11.6 Å². The second-order valence-electron chi connectivity index (χ2n) is 5.57. The fourth-order valence-corrected chi connectivity index (χ4v) is 3.18. The van der Waals surface area contributed by atoms with E-state index in [-0.39, 0.29) is 5.82 Å². The number of benzene rings is 1. The molecule has 1 heterocycles. The predicted octanol–water partition coefficient (Wildman–Crippen LogP) is 5.33. The summed E-state index contributed by atoms with van der Waals surface area (Å²) < 4.78 is 16.3. The van der Waals surface area contributed by atoms with Gasteiger partial charge in [0.25, 0.3) is 0 Å². The lowest BCUT2D eigenvalue weighted by Gasteiger charge is -2.19. The molecule has 0 radical (unpaired) electrons. The number of nitrogens with zero attached hydrogens (tertiary/aromatic N) is 2. The number of aryl methyl sites for hydroxylation is 1. The van der Waals surface area contributed by atoms with Crippen LogP contribution in [0, 0.1) is 11.7 Å². The Bertz CT molecular complexity index is 609. The van der Waals surface area contributed by atoms with Crippen molar-refractivity contribution in [3.05, 3.63) is 28.2 Å². The van der Waals surface area contributed by atoms with Crippen LogP contribution in [0.25, 0.3) is 11.0 Å². The van der Waals surface area contributed by atoms with E-state index in [0.717, 1.165) is 17.8 Å². The number of fused-ring (bicyclic) bond motifs is 1. The summed E-state index contributed by atoms with van der Waals surface area (Å²) in [7, 11) is 0. The fraction of sp³-hybridized carbons (Fsp3) is 0.533. The second kappa shape index (κ2) is 6.44. The minimum absolute atomic E-state index is 0.281. The SMILES string of the molecule is CC(C)CC(C)n1c(CCCl)nc2cc(F)c(Br)cc21. The van der Waals surface area contributed by atoms with Crippen LogP contribution in [0.15, 0.2) is 16.6 Å². The van der Waals surface area contributed by atoms with Crippen molar-refractivity contribution in [1.82, 2.24) is 9.55 Å². The van der Waals surface area contributed by atoms with E-state index in [9.17, 15) is 4.39 Å². The van der Waals surface area contributed by atoms with E-state index in [1.54, 1.807) is 0 Å². The molecule has 5 heteroatoms. The topological polar surface area (TPSA) is 17.8 Å². The summed E-state index contributed by atoms with van der Waals surface area (Å²) in [5.41, 5.74) is 1.66. The molecule has 0 bridgehead atoms. The molecule has 2 nitrogen and oxygen atoms in total. The third-order valence-corrected chi connectivity index (χ3v) is 4.17.